The van der Waals surface area contributed by atoms with Crippen LogP contribution in [0, 0.1) is 0 Å². The number of hydrogen-bond donors (Lipinski definition) is 2. The molecule has 8 nitrogen and oxygen atoms in total. The van der Waals surface area contributed by atoms with Gasteiger partial charge in [-0.15, -0.1) is 0 Å². The third-order valence-corrected chi connectivity index (χ3v) is 5.19. The van der Waals surface area contributed by atoms with Crippen LogP contribution < -0.4 is 20.5 Å². The average molecular weight is 431 g/mol. The quantitative estimate of drug-likeness (QED) is 0.556. The van der Waals surface area contributed by atoms with Gasteiger partial charge in [-0.3, -0.25) is 9.59 Å². The number of ether oxygens (including phenoxy) is 3. The molecular formula is C24H21N3O5. The van der Waals surface area contributed by atoms with Gasteiger partial charge in [-0.1, -0.05) is 48.5 Å². The van der Waals surface area contributed by atoms with Gasteiger partial charge in [-0.25, -0.2) is 4.99 Å². The highest BCUT2D eigenvalue weighted by molar-refractivity contribution is 6.07. The zero-order chi connectivity index (χ0) is 22.6. The summed E-state index contributed by atoms with van der Waals surface area (Å²) in [6, 6.07) is 21.8. The van der Waals surface area contributed by atoms with Gasteiger partial charge in [0.15, 0.2) is 17.0 Å². The van der Waals surface area contributed by atoms with E-state index in [9.17, 15) is 9.59 Å². The molecule has 0 radical (unpaired) electrons. The van der Waals surface area contributed by atoms with Crippen LogP contribution in [-0.4, -0.2) is 32.1 Å². The molecule has 0 saturated carbocycles. The highest BCUT2D eigenvalue weighted by atomic mass is 16.5. The van der Waals surface area contributed by atoms with Crippen LogP contribution in [0.1, 0.15) is 21.5 Å². The summed E-state index contributed by atoms with van der Waals surface area (Å²) in [6.07, 6.45) is 0. The lowest BCUT2D eigenvalue weighted by Crippen LogP contribution is -2.27. The highest BCUT2D eigenvalue weighted by Crippen LogP contribution is 2.38. The second-order valence-corrected chi connectivity index (χ2v) is 7.05. The first-order chi connectivity index (χ1) is 15.6. The van der Waals surface area contributed by atoms with Crippen LogP contribution in [0.2, 0.25) is 0 Å². The SMILES string of the molecule is COc1cccc(C(=O)Nc2cccc(C3(c4ccccc4)COC(N)=N3)c2)c1OC=O. The molecular weight excluding hydrogens is 410 g/mol. The van der Waals surface area contributed by atoms with Crippen LogP contribution in [0.3, 0.4) is 0 Å². The number of anilines is 1. The van der Waals surface area contributed by atoms with E-state index in [-0.39, 0.29) is 36.2 Å². The zero-order valence-corrected chi connectivity index (χ0v) is 17.3. The summed E-state index contributed by atoms with van der Waals surface area (Å²) in [5.74, 6) is -0.146. The lowest BCUT2D eigenvalue weighted by Gasteiger charge is -2.25. The number of rotatable bonds is 7. The topological polar surface area (TPSA) is 112 Å². The fraction of sp³-hybridized carbons (Fsp3) is 0.125. The molecule has 3 N–H and O–H groups in total. The van der Waals surface area contributed by atoms with Gasteiger partial charge in [-0.2, -0.15) is 0 Å². The van der Waals surface area contributed by atoms with Crippen molar-refractivity contribution in [2.24, 2.45) is 10.7 Å². The Morgan fingerprint density at radius 3 is 2.53 bits per heavy atom. The third kappa shape index (κ3) is 3.85. The van der Waals surface area contributed by atoms with Crippen LogP contribution in [0.15, 0.2) is 77.8 Å². The molecule has 0 aromatic heterocycles. The number of para-hydroxylation sites is 1. The number of nitrogens with two attached hydrogens (primary N) is 1. The second kappa shape index (κ2) is 8.81. The van der Waals surface area contributed by atoms with Crippen LogP contribution in [0.25, 0.3) is 0 Å². The first-order valence-corrected chi connectivity index (χ1v) is 9.80. The summed E-state index contributed by atoms with van der Waals surface area (Å²) >= 11 is 0. The fourth-order valence-corrected chi connectivity index (χ4v) is 3.69. The number of benzene rings is 3. The number of nitrogens with one attached hydrogen (secondary N) is 1. The molecule has 1 amide bonds. The van der Waals surface area contributed by atoms with Crippen molar-refractivity contribution in [1.82, 2.24) is 0 Å². The Labute approximate surface area is 184 Å². The molecule has 4 rings (SSSR count). The third-order valence-electron chi connectivity index (χ3n) is 5.19. The number of amides is 1. The largest absolute Gasteiger partial charge is 0.493 e. The number of carbonyl (C=O) groups is 2. The second-order valence-electron chi connectivity index (χ2n) is 7.05. The number of methoxy groups -OCH3 is 1. The van der Waals surface area contributed by atoms with Crippen molar-refractivity contribution in [3.05, 3.63) is 89.5 Å². The van der Waals surface area contributed by atoms with Crippen molar-refractivity contribution in [2.45, 2.75) is 5.54 Å². The van der Waals surface area contributed by atoms with Gasteiger partial charge >= 0.3 is 0 Å². The minimum Gasteiger partial charge on any atom is -0.493 e. The average Bonchev–Trinajstić information content (AvgIpc) is 3.23. The van der Waals surface area contributed by atoms with E-state index >= 15 is 0 Å². The van der Waals surface area contributed by atoms with Crippen molar-refractivity contribution in [1.29, 1.82) is 0 Å². The monoisotopic (exact) mass is 431 g/mol. The summed E-state index contributed by atoms with van der Waals surface area (Å²) in [4.78, 5) is 28.5. The maximum atomic E-state index is 13.0. The molecule has 0 aliphatic carbocycles. The Morgan fingerprint density at radius 1 is 1.09 bits per heavy atom. The van der Waals surface area contributed by atoms with E-state index in [1.165, 1.54) is 7.11 Å². The van der Waals surface area contributed by atoms with Crippen LogP contribution >= 0.6 is 0 Å². The number of aliphatic imine (C=N–C) groups is 1. The van der Waals surface area contributed by atoms with Gasteiger partial charge in [0.2, 0.25) is 0 Å². The van der Waals surface area contributed by atoms with Crippen LogP contribution in [0.4, 0.5) is 5.69 Å². The van der Waals surface area contributed by atoms with E-state index in [1.54, 1.807) is 24.3 Å². The van der Waals surface area contributed by atoms with Crippen molar-refractivity contribution in [3.63, 3.8) is 0 Å². The molecule has 1 aliphatic rings. The molecule has 1 aliphatic heterocycles. The maximum absolute atomic E-state index is 13.0. The number of hydrogen-bond acceptors (Lipinski definition) is 7. The van der Waals surface area contributed by atoms with E-state index in [1.807, 2.05) is 48.5 Å². The Bertz CT molecular complexity index is 1180. The van der Waals surface area contributed by atoms with E-state index in [0.717, 1.165) is 11.1 Å². The molecule has 32 heavy (non-hydrogen) atoms. The zero-order valence-electron chi connectivity index (χ0n) is 17.3. The molecule has 1 unspecified atom stereocenters. The first kappa shape index (κ1) is 20.9. The smallest absolute Gasteiger partial charge is 0.298 e. The molecule has 1 heterocycles. The van der Waals surface area contributed by atoms with Gasteiger partial charge in [0.05, 0.1) is 12.7 Å². The first-order valence-electron chi connectivity index (χ1n) is 9.80. The molecule has 0 saturated heterocycles. The standard InChI is InChI=1S/C24H21N3O5/c1-30-20-12-6-11-19(21(20)32-15-28)22(29)26-18-10-5-9-17(13-18)24(14-31-23(25)27-24)16-7-3-2-4-8-16/h2-13,15H,14H2,1H3,(H2,25,27)(H,26,29). The van der Waals surface area contributed by atoms with Gasteiger partial charge in [-0.05, 0) is 35.4 Å². The molecule has 1 atom stereocenters. The van der Waals surface area contributed by atoms with Gasteiger partial charge in [0.25, 0.3) is 18.4 Å². The molecule has 3 aromatic rings. The predicted octanol–water partition coefficient (Wildman–Crippen LogP) is 3.07. The van der Waals surface area contributed by atoms with Gasteiger partial charge < -0.3 is 25.3 Å². The molecule has 3 aromatic carbocycles. The maximum Gasteiger partial charge on any atom is 0.298 e. The number of amidine groups is 1. The van der Waals surface area contributed by atoms with Crippen LogP contribution in [-0.2, 0) is 15.1 Å². The highest BCUT2D eigenvalue weighted by Gasteiger charge is 2.40. The molecule has 162 valence electrons. The van der Waals surface area contributed by atoms with E-state index in [2.05, 4.69) is 10.3 Å². The Kier molecular flexibility index (Phi) is 5.76. The molecule has 8 heteroatoms. The fourth-order valence-electron chi connectivity index (χ4n) is 3.69. The normalized spacial score (nSPS) is 17.1. The Balaban J connectivity index is 1.69. The van der Waals surface area contributed by atoms with Crippen molar-refractivity contribution in [3.8, 4) is 11.5 Å². The molecule has 0 spiro atoms. The summed E-state index contributed by atoms with van der Waals surface area (Å²) < 4.78 is 15.7. The van der Waals surface area contributed by atoms with Gasteiger partial charge in [0, 0.05) is 5.69 Å². The Hall–Kier alpha value is -4.33. The lowest BCUT2D eigenvalue weighted by molar-refractivity contribution is -0.120. The van der Waals surface area contributed by atoms with E-state index < -0.39 is 11.4 Å². The van der Waals surface area contributed by atoms with E-state index in [4.69, 9.17) is 19.9 Å². The summed E-state index contributed by atoms with van der Waals surface area (Å²) in [5, 5.41) is 2.84. The van der Waals surface area contributed by atoms with Crippen molar-refractivity contribution in [2.75, 3.05) is 19.0 Å². The minimum atomic E-state index is -0.826. The Morgan fingerprint density at radius 2 is 1.84 bits per heavy atom. The summed E-state index contributed by atoms with van der Waals surface area (Å²) in [5.41, 5.74) is 7.44. The number of carbonyl (C=O) groups excluding carboxylic acids is 2. The predicted molar refractivity (Wildman–Crippen MR) is 119 cm³/mol. The van der Waals surface area contributed by atoms with E-state index in [0.29, 0.717) is 5.69 Å². The summed E-state index contributed by atoms with van der Waals surface area (Å²) in [6.45, 7) is 0.495. The number of nitrogens with zero attached hydrogens (tertiary/aromatic N) is 1. The van der Waals surface area contributed by atoms with Crippen molar-refractivity contribution >= 4 is 24.1 Å². The lowest BCUT2D eigenvalue weighted by atomic mass is 9.84. The van der Waals surface area contributed by atoms with Crippen LogP contribution in [0.5, 0.6) is 11.5 Å². The van der Waals surface area contributed by atoms with Gasteiger partial charge in [0.1, 0.15) is 6.61 Å². The summed E-state index contributed by atoms with van der Waals surface area (Å²) in [7, 11) is 1.43. The molecule has 0 fully saturated rings. The minimum absolute atomic E-state index is 0.0426. The van der Waals surface area contributed by atoms with Crippen molar-refractivity contribution < 1.29 is 23.8 Å². The molecule has 0 bridgehead atoms.